The van der Waals surface area contributed by atoms with E-state index in [1.54, 1.807) is 22.3 Å². The average molecular weight is 322 g/mol. The lowest BCUT2D eigenvalue weighted by Gasteiger charge is -2.19. The first-order valence-corrected chi connectivity index (χ1v) is 11.7. The third kappa shape index (κ3) is 2.99. The molecule has 0 atom stereocenters. The summed E-state index contributed by atoms with van der Waals surface area (Å²) in [5.74, 6) is 0.0428. The van der Waals surface area contributed by atoms with Crippen LogP contribution >= 0.6 is 11.3 Å². The molecule has 114 valence electrons. The summed E-state index contributed by atoms with van der Waals surface area (Å²) in [6.07, 6.45) is 0. The Hall–Kier alpha value is -1.33. The Labute approximate surface area is 131 Å². The van der Waals surface area contributed by atoms with Crippen LogP contribution in [-0.4, -0.2) is 37.1 Å². The van der Waals surface area contributed by atoms with Crippen LogP contribution in [0.25, 0.3) is 10.1 Å². The normalized spacial score (nSPS) is 11.9. The number of thiophene rings is 1. The van der Waals surface area contributed by atoms with Gasteiger partial charge in [0.25, 0.3) is 5.91 Å². The third-order valence-corrected chi connectivity index (χ3v) is 8.42. The minimum atomic E-state index is -1.41. The predicted octanol–water partition coefficient (Wildman–Crippen LogP) is 3.63. The SMILES string of the molecule is CCN(CC)C(=O)c1ccc2cc([Si](C)(C)C)sc2c1O. The summed E-state index contributed by atoms with van der Waals surface area (Å²) in [7, 11) is -1.41. The highest BCUT2D eigenvalue weighted by atomic mass is 32.1. The number of phenols is 1. The maximum atomic E-state index is 12.5. The molecule has 0 bridgehead atoms. The van der Waals surface area contributed by atoms with Gasteiger partial charge in [0.05, 0.1) is 18.3 Å². The van der Waals surface area contributed by atoms with Crippen molar-refractivity contribution in [3.8, 4) is 5.75 Å². The van der Waals surface area contributed by atoms with Crippen molar-refractivity contribution in [2.24, 2.45) is 0 Å². The first kappa shape index (κ1) is 16.0. The third-order valence-electron chi connectivity index (χ3n) is 3.68. The molecule has 0 radical (unpaired) electrons. The van der Waals surface area contributed by atoms with Crippen LogP contribution in [-0.2, 0) is 0 Å². The molecule has 2 rings (SSSR count). The van der Waals surface area contributed by atoms with E-state index in [-0.39, 0.29) is 11.7 Å². The second-order valence-corrected chi connectivity index (χ2v) is 12.7. The number of amides is 1. The number of phenolic OH excluding ortho intramolecular Hbond substituents is 1. The van der Waals surface area contributed by atoms with Crippen molar-refractivity contribution < 1.29 is 9.90 Å². The van der Waals surface area contributed by atoms with Crippen LogP contribution in [0, 0.1) is 0 Å². The van der Waals surface area contributed by atoms with Crippen LogP contribution in [0.1, 0.15) is 24.2 Å². The fraction of sp³-hybridized carbons (Fsp3) is 0.438. The molecule has 1 aromatic carbocycles. The summed E-state index contributed by atoms with van der Waals surface area (Å²) in [4.78, 5) is 14.2. The van der Waals surface area contributed by atoms with Crippen LogP contribution in [0.2, 0.25) is 19.6 Å². The maximum Gasteiger partial charge on any atom is 0.257 e. The monoisotopic (exact) mass is 321 g/mol. The molecule has 21 heavy (non-hydrogen) atoms. The van der Waals surface area contributed by atoms with Crippen molar-refractivity contribution >= 4 is 39.9 Å². The lowest BCUT2D eigenvalue weighted by atomic mass is 10.1. The van der Waals surface area contributed by atoms with Gasteiger partial charge >= 0.3 is 0 Å². The summed E-state index contributed by atoms with van der Waals surface area (Å²) >= 11 is 1.63. The zero-order chi connectivity index (χ0) is 15.8. The standard InChI is InChI=1S/C16H23NO2SSi/c1-6-17(7-2)16(19)12-9-8-11-10-13(21(3,4)5)20-15(11)14(12)18/h8-10,18H,6-7H2,1-5H3. The highest BCUT2D eigenvalue weighted by molar-refractivity contribution is 7.31. The lowest BCUT2D eigenvalue weighted by molar-refractivity contribution is 0.0770. The van der Waals surface area contributed by atoms with Gasteiger partial charge in [-0.05, 0) is 35.9 Å². The Balaban J connectivity index is 2.54. The molecule has 0 aliphatic rings. The zero-order valence-electron chi connectivity index (χ0n) is 13.4. The van der Waals surface area contributed by atoms with Gasteiger partial charge in [0, 0.05) is 13.1 Å². The number of fused-ring (bicyclic) bond motifs is 1. The number of carbonyl (C=O) groups excluding carboxylic acids is 1. The molecular formula is C16H23NO2SSi. The Bertz CT molecular complexity index is 669. The number of hydrogen-bond acceptors (Lipinski definition) is 3. The first-order chi connectivity index (χ1) is 9.79. The number of rotatable bonds is 4. The summed E-state index contributed by atoms with van der Waals surface area (Å²) < 4.78 is 2.19. The Morgan fingerprint density at radius 1 is 1.24 bits per heavy atom. The molecule has 1 heterocycles. The van der Waals surface area contributed by atoms with Gasteiger partial charge in [0.1, 0.15) is 5.75 Å². The molecule has 0 saturated heterocycles. The highest BCUT2D eigenvalue weighted by Gasteiger charge is 2.23. The molecule has 0 unspecified atom stereocenters. The summed E-state index contributed by atoms with van der Waals surface area (Å²) in [6.45, 7) is 12.1. The molecule has 1 N–H and O–H groups in total. The molecule has 3 nitrogen and oxygen atoms in total. The van der Waals surface area contributed by atoms with E-state index in [4.69, 9.17) is 0 Å². The van der Waals surface area contributed by atoms with Crippen molar-refractivity contribution in [2.75, 3.05) is 13.1 Å². The van der Waals surface area contributed by atoms with Crippen molar-refractivity contribution in [3.05, 3.63) is 23.8 Å². The van der Waals surface area contributed by atoms with E-state index in [9.17, 15) is 9.90 Å². The quantitative estimate of drug-likeness (QED) is 0.874. The van der Waals surface area contributed by atoms with Crippen molar-refractivity contribution in [2.45, 2.75) is 33.5 Å². The van der Waals surface area contributed by atoms with Crippen molar-refractivity contribution in [1.29, 1.82) is 0 Å². The van der Waals surface area contributed by atoms with Gasteiger partial charge in [0.2, 0.25) is 0 Å². The molecule has 2 aromatic rings. The van der Waals surface area contributed by atoms with Gasteiger partial charge < -0.3 is 10.0 Å². The average Bonchev–Trinajstić information content (AvgIpc) is 2.85. The number of carbonyl (C=O) groups is 1. The van der Waals surface area contributed by atoms with Crippen LogP contribution in [0.5, 0.6) is 5.75 Å². The number of hydrogen-bond donors (Lipinski definition) is 1. The van der Waals surface area contributed by atoms with Crippen molar-refractivity contribution in [3.63, 3.8) is 0 Å². The molecule has 5 heteroatoms. The van der Waals surface area contributed by atoms with E-state index in [0.29, 0.717) is 18.7 Å². The maximum absolute atomic E-state index is 12.5. The van der Waals surface area contributed by atoms with Gasteiger partial charge in [-0.25, -0.2) is 0 Å². The van der Waals surface area contributed by atoms with Crippen molar-refractivity contribution in [1.82, 2.24) is 4.90 Å². The smallest absolute Gasteiger partial charge is 0.257 e. The highest BCUT2D eigenvalue weighted by Crippen LogP contribution is 2.34. The molecule has 0 fully saturated rings. The zero-order valence-corrected chi connectivity index (χ0v) is 15.2. The number of aromatic hydroxyl groups is 1. The van der Waals surface area contributed by atoms with E-state index in [1.807, 2.05) is 19.9 Å². The Morgan fingerprint density at radius 2 is 1.86 bits per heavy atom. The lowest BCUT2D eigenvalue weighted by Crippen LogP contribution is -2.34. The minimum absolute atomic E-state index is 0.0950. The summed E-state index contributed by atoms with van der Waals surface area (Å²) in [6, 6.07) is 5.86. The predicted molar refractivity (Wildman–Crippen MR) is 93.7 cm³/mol. The molecule has 1 amide bonds. The summed E-state index contributed by atoms with van der Waals surface area (Å²) in [5, 5.41) is 11.6. The van der Waals surface area contributed by atoms with E-state index < -0.39 is 8.07 Å². The Kier molecular flexibility index (Phi) is 4.44. The Morgan fingerprint density at radius 3 is 2.38 bits per heavy atom. The van der Waals surface area contributed by atoms with Gasteiger partial charge in [0.15, 0.2) is 0 Å². The first-order valence-electron chi connectivity index (χ1n) is 7.34. The second kappa shape index (κ2) is 5.81. The molecule has 0 aliphatic carbocycles. The van der Waals surface area contributed by atoms with Gasteiger partial charge in [-0.2, -0.15) is 0 Å². The molecule has 1 aromatic heterocycles. The minimum Gasteiger partial charge on any atom is -0.506 e. The van der Waals surface area contributed by atoms with Crippen LogP contribution in [0.4, 0.5) is 0 Å². The topological polar surface area (TPSA) is 40.5 Å². The van der Waals surface area contributed by atoms with Gasteiger partial charge in [-0.15, -0.1) is 11.3 Å². The molecule has 0 saturated carbocycles. The van der Waals surface area contributed by atoms with Gasteiger partial charge in [-0.1, -0.05) is 25.7 Å². The fourth-order valence-electron chi connectivity index (χ4n) is 2.31. The molecule has 0 aliphatic heterocycles. The van der Waals surface area contributed by atoms with Crippen LogP contribution < -0.4 is 4.50 Å². The van der Waals surface area contributed by atoms with E-state index in [1.165, 1.54) is 4.50 Å². The summed E-state index contributed by atoms with van der Waals surface area (Å²) in [5.41, 5.74) is 0.412. The van der Waals surface area contributed by atoms with Crippen LogP contribution in [0.3, 0.4) is 0 Å². The second-order valence-electron chi connectivity index (χ2n) is 6.22. The largest absolute Gasteiger partial charge is 0.506 e. The number of nitrogens with zero attached hydrogens (tertiary/aromatic N) is 1. The van der Waals surface area contributed by atoms with E-state index in [0.717, 1.165) is 10.1 Å². The van der Waals surface area contributed by atoms with Gasteiger partial charge in [-0.3, -0.25) is 4.79 Å². The van der Waals surface area contributed by atoms with E-state index >= 15 is 0 Å². The van der Waals surface area contributed by atoms with Crippen LogP contribution in [0.15, 0.2) is 18.2 Å². The van der Waals surface area contributed by atoms with E-state index in [2.05, 4.69) is 25.7 Å². The number of benzene rings is 1. The fourth-order valence-corrected chi connectivity index (χ4v) is 5.29. The molecule has 0 spiro atoms. The molecular weight excluding hydrogens is 298 g/mol.